The zero-order valence-electron chi connectivity index (χ0n) is 17.6. The van der Waals surface area contributed by atoms with Crippen LogP contribution >= 0.6 is 35.3 Å². The lowest BCUT2D eigenvalue weighted by Gasteiger charge is -2.26. The summed E-state index contributed by atoms with van der Waals surface area (Å²) in [5, 5.41) is 7.89. The van der Waals surface area contributed by atoms with Gasteiger partial charge in [-0.2, -0.15) is 0 Å². The van der Waals surface area contributed by atoms with Crippen molar-refractivity contribution < 1.29 is 9.47 Å². The van der Waals surface area contributed by atoms with Gasteiger partial charge in [0.2, 0.25) is 0 Å². The third-order valence-electron chi connectivity index (χ3n) is 4.60. The summed E-state index contributed by atoms with van der Waals surface area (Å²) in [6.07, 6.45) is 2.82. The van der Waals surface area contributed by atoms with Crippen LogP contribution in [-0.2, 0) is 11.8 Å². The Hall–Kier alpha value is -1.55. The quantitative estimate of drug-likeness (QED) is 0.323. The molecular formula is C21H31IN4O2S. The fourth-order valence-electron chi connectivity index (χ4n) is 2.98. The van der Waals surface area contributed by atoms with Crippen LogP contribution in [-0.4, -0.2) is 43.8 Å². The van der Waals surface area contributed by atoms with Crippen molar-refractivity contribution in [1.82, 2.24) is 15.6 Å². The highest BCUT2D eigenvalue weighted by atomic mass is 127. The van der Waals surface area contributed by atoms with E-state index in [1.165, 1.54) is 10.4 Å². The molecule has 1 aliphatic heterocycles. The molecule has 29 heavy (non-hydrogen) atoms. The number of nitrogens with zero attached hydrogens (tertiary/aromatic N) is 2. The monoisotopic (exact) mass is 530 g/mol. The van der Waals surface area contributed by atoms with E-state index in [4.69, 9.17) is 14.5 Å². The van der Waals surface area contributed by atoms with Crippen LogP contribution in [0.5, 0.6) is 11.5 Å². The van der Waals surface area contributed by atoms with E-state index in [1.807, 2.05) is 12.3 Å². The molecule has 0 unspecified atom stereocenters. The van der Waals surface area contributed by atoms with E-state index in [2.05, 4.69) is 55.4 Å². The van der Waals surface area contributed by atoms with Crippen molar-refractivity contribution in [2.24, 2.45) is 4.99 Å². The number of aromatic nitrogens is 1. The van der Waals surface area contributed by atoms with Gasteiger partial charge in [-0.05, 0) is 31.5 Å². The summed E-state index contributed by atoms with van der Waals surface area (Å²) < 4.78 is 11.4. The Bertz CT molecular complexity index is 823. The van der Waals surface area contributed by atoms with Crippen LogP contribution in [0.3, 0.4) is 0 Å². The van der Waals surface area contributed by atoms with Crippen LogP contribution in [0, 0.1) is 6.92 Å². The van der Waals surface area contributed by atoms with Crippen molar-refractivity contribution in [3.63, 3.8) is 0 Å². The molecular weight excluding hydrogens is 499 g/mol. The van der Waals surface area contributed by atoms with Crippen molar-refractivity contribution in [2.45, 2.75) is 39.5 Å². The van der Waals surface area contributed by atoms with Gasteiger partial charge >= 0.3 is 0 Å². The molecule has 8 heteroatoms. The predicted molar refractivity (Wildman–Crippen MR) is 130 cm³/mol. The first-order valence-electron chi connectivity index (χ1n) is 9.81. The Balaban J connectivity index is 0.00000300. The summed E-state index contributed by atoms with van der Waals surface area (Å²) in [7, 11) is 0. The number of benzene rings is 1. The number of hydrogen-bond donors (Lipinski definition) is 2. The van der Waals surface area contributed by atoms with E-state index in [0.717, 1.165) is 42.0 Å². The Morgan fingerprint density at radius 1 is 1.21 bits per heavy atom. The molecule has 1 aromatic heterocycles. The van der Waals surface area contributed by atoms with Gasteiger partial charge in [0.05, 0.1) is 11.6 Å². The second-order valence-corrected chi connectivity index (χ2v) is 8.80. The zero-order valence-corrected chi connectivity index (χ0v) is 20.7. The van der Waals surface area contributed by atoms with Crippen LogP contribution in [0.4, 0.5) is 0 Å². The number of fused-ring (bicyclic) bond motifs is 1. The summed E-state index contributed by atoms with van der Waals surface area (Å²) in [6, 6.07) is 6.18. The molecule has 3 rings (SSSR count). The number of hydrogen-bond acceptors (Lipinski definition) is 5. The summed E-state index contributed by atoms with van der Waals surface area (Å²) >= 11 is 1.75. The topological polar surface area (TPSA) is 67.8 Å². The highest BCUT2D eigenvalue weighted by Gasteiger charge is 2.23. The van der Waals surface area contributed by atoms with Crippen molar-refractivity contribution >= 4 is 41.3 Å². The number of aryl methyl sites for hydroxylation is 1. The van der Waals surface area contributed by atoms with E-state index >= 15 is 0 Å². The lowest BCUT2D eigenvalue weighted by Crippen LogP contribution is -2.39. The van der Waals surface area contributed by atoms with E-state index < -0.39 is 0 Å². The highest BCUT2D eigenvalue weighted by Crippen LogP contribution is 2.35. The van der Waals surface area contributed by atoms with E-state index in [9.17, 15) is 0 Å². The smallest absolute Gasteiger partial charge is 0.191 e. The van der Waals surface area contributed by atoms with Crippen molar-refractivity contribution in [1.29, 1.82) is 0 Å². The van der Waals surface area contributed by atoms with Gasteiger partial charge in [0, 0.05) is 36.0 Å². The predicted octanol–water partition coefficient (Wildman–Crippen LogP) is 3.92. The number of thiazole rings is 1. The Morgan fingerprint density at radius 2 is 1.97 bits per heavy atom. The summed E-state index contributed by atoms with van der Waals surface area (Å²) in [5.41, 5.74) is 1.07. The second kappa shape index (κ2) is 11.0. The molecule has 0 amide bonds. The number of aliphatic imine (C=N–C) groups is 1. The van der Waals surface area contributed by atoms with Crippen molar-refractivity contribution in [3.05, 3.63) is 39.8 Å². The summed E-state index contributed by atoms with van der Waals surface area (Å²) in [4.78, 5) is 10.5. The average Bonchev–Trinajstić information content (AvgIpc) is 3.11. The zero-order chi connectivity index (χ0) is 20.0. The fraction of sp³-hybridized carbons (Fsp3) is 0.524. The largest absolute Gasteiger partial charge is 0.486 e. The second-order valence-electron chi connectivity index (χ2n) is 7.48. The molecule has 0 radical (unpaired) electrons. The third kappa shape index (κ3) is 6.74. The maximum absolute atomic E-state index is 5.73. The Morgan fingerprint density at radius 3 is 2.66 bits per heavy atom. The third-order valence-corrected chi connectivity index (χ3v) is 5.57. The molecule has 0 atom stereocenters. The highest BCUT2D eigenvalue weighted by molar-refractivity contribution is 14.0. The SMILES string of the molecule is CCNC(=NCC(C)(C)c1ccc2c(c1)OCCO2)NCCc1ncc(C)s1.I. The molecule has 0 saturated carbocycles. The molecule has 1 aromatic carbocycles. The normalized spacial score (nSPS) is 13.6. The van der Waals surface area contributed by atoms with Gasteiger partial charge in [-0.1, -0.05) is 19.9 Å². The Labute approximate surface area is 194 Å². The minimum atomic E-state index is -0.120. The lowest BCUT2D eigenvalue weighted by atomic mass is 9.84. The minimum absolute atomic E-state index is 0. The average molecular weight is 530 g/mol. The molecule has 6 nitrogen and oxygen atoms in total. The summed E-state index contributed by atoms with van der Waals surface area (Å²) in [5.74, 6) is 2.48. The van der Waals surface area contributed by atoms with Gasteiger partial charge in [0.1, 0.15) is 13.2 Å². The lowest BCUT2D eigenvalue weighted by molar-refractivity contribution is 0.171. The number of rotatable bonds is 7. The molecule has 2 N–H and O–H groups in total. The maximum Gasteiger partial charge on any atom is 0.191 e. The standard InChI is InChI=1S/C21H30N4O2S.HI/c1-5-22-20(23-9-8-19-24-13-15(2)28-19)25-14-21(3,4)16-6-7-17-18(12-16)27-11-10-26-17;/h6-7,12-13H,5,8-11,14H2,1-4H3,(H2,22,23,25);1H. The molecule has 0 aliphatic carbocycles. The van der Waals surface area contributed by atoms with Gasteiger partial charge in [0.15, 0.2) is 17.5 Å². The van der Waals surface area contributed by atoms with Gasteiger partial charge in [-0.25, -0.2) is 4.98 Å². The van der Waals surface area contributed by atoms with Crippen LogP contribution in [0.2, 0.25) is 0 Å². The number of ether oxygens (including phenoxy) is 2. The van der Waals surface area contributed by atoms with Gasteiger partial charge in [0.25, 0.3) is 0 Å². The number of guanidine groups is 1. The Kier molecular flexibility index (Phi) is 9.01. The van der Waals surface area contributed by atoms with Gasteiger partial charge in [-0.15, -0.1) is 35.3 Å². The summed E-state index contributed by atoms with van der Waals surface area (Å²) in [6.45, 7) is 12.1. The molecule has 2 heterocycles. The van der Waals surface area contributed by atoms with Crippen LogP contribution in [0.25, 0.3) is 0 Å². The minimum Gasteiger partial charge on any atom is -0.486 e. The van der Waals surface area contributed by atoms with Crippen LogP contribution < -0.4 is 20.1 Å². The molecule has 160 valence electrons. The first-order valence-corrected chi connectivity index (χ1v) is 10.6. The van der Waals surface area contributed by atoms with Gasteiger partial charge < -0.3 is 20.1 Å². The van der Waals surface area contributed by atoms with Crippen molar-refractivity contribution in [3.8, 4) is 11.5 Å². The molecule has 0 bridgehead atoms. The first kappa shape index (κ1) is 23.7. The molecule has 0 fully saturated rings. The van der Waals surface area contributed by atoms with E-state index in [0.29, 0.717) is 19.8 Å². The molecule has 0 saturated heterocycles. The van der Waals surface area contributed by atoms with Crippen LogP contribution in [0.15, 0.2) is 29.4 Å². The fourth-order valence-corrected chi connectivity index (χ4v) is 3.77. The molecule has 0 spiro atoms. The maximum atomic E-state index is 5.73. The van der Waals surface area contributed by atoms with Crippen molar-refractivity contribution in [2.75, 3.05) is 32.8 Å². The molecule has 1 aliphatic rings. The van der Waals surface area contributed by atoms with E-state index in [-0.39, 0.29) is 29.4 Å². The first-order chi connectivity index (χ1) is 13.5. The van der Waals surface area contributed by atoms with E-state index in [1.54, 1.807) is 11.3 Å². The number of halogens is 1. The van der Waals surface area contributed by atoms with Gasteiger partial charge in [-0.3, -0.25) is 4.99 Å². The van der Waals surface area contributed by atoms with Crippen LogP contribution in [0.1, 0.15) is 36.2 Å². The molecule has 2 aromatic rings. The number of nitrogens with one attached hydrogen (secondary N) is 2.